The molecule has 0 unspecified atom stereocenters. The SMILES string of the molecule is COc1cc(/C=C(\C#N)C(=O)Nc2ccc(OC)c(Cl)c2)cc(OC)c1. The number of ether oxygens (including phenoxy) is 3. The van der Waals surface area contributed by atoms with Crippen LogP contribution < -0.4 is 19.5 Å². The molecule has 26 heavy (non-hydrogen) atoms. The van der Waals surface area contributed by atoms with Crippen LogP contribution in [-0.4, -0.2) is 27.2 Å². The van der Waals surface area contributed by atoms with Crippen LogP contribution >= 0.6 is 11.6 Å². The summed E-state index contributed by atoms with van der Waals surface area (Å²) in [6.45, 7) is 0. The van der Waals surface area contributed by atoms with E-state index >= 15 is 0 Å². The molecule has 0 aromatic heterocycles. The molecule has 1 N–H and O–H groups in total. The Labute approximate surface area is 156 Å². The fourth-order valence-electron chi connectivity index (χ4n) is 2.17. The van der Waals surface area contributed by atoms with Crippen LogP contribution in [-0.2, 0) is 4.79 Å². The van der Waals surface area contributed by atoms with Crippen molar-refractivity contribution in [2.75, 3.05) is 26.6 Å². The number of carbonyl (C=O) groups excluding carboxylic acids is 1. The zero-order valence-electron chi connectivity index (χ0n) is 14.5. The molecule has 0 saturated heterocycles. The molecule has 0 bridgehead atoms. The van der Waals surface area contributed by atoms with Crippen molar-refractivity contribution in [1.29, 1.82) is 5.26 Å². The van der Waals surface area contributed by atoms with Gasteiger partial charge >= 0.3 is 0 Å². The highest BCUT2D eigenvalue weighted by Crippen LogP contribution is 2.28. The Balaban J connectivity index is 2.27. The van der Waals surface area contributed by atoms with Gasteiger partial charge in [-0.3, -0.25) is 4.79 Å². The predicted octanol–water partition coefficient (Wildman–Crippen LogP) is 3.91. The lowest BCUT2D eigenvalue weighted by Crippen LogP contribution is -2.13. The second-order valence-corrected chi connectivity index (χ2v) is 5.53. The number of hydrogen-bond acceptors (Lipinski definition) is 5. The van der Waals surface area contributed by atoms with Crippen molar-refractivity contribution in [2.45, 2.75) is 0 Å². The topological polar surface area (TPSA) is 80.6 Å². The van der Waals surface area contributed by atoms with Gasteiger partial charge in [-0.25, -0.2) is 0 Å². The van der Waals surface area contributed by atoms with E-state index in [9.17, 15) is 10.1 Å². The van der Waals surface area contributed by atoms with Crippen molar-refractivity contribution in [3.63, 3.8) is 0 Å². The zero-order valence-corrected chi connectivity index (χ0v) is 15.3. The maximum atomic E-state index is 12.4. The number of anilines is 1. The summed E-state index contributed by atoms with van der Waals surface area (Å²) in [5.41, 5.74) is 0.970. The van der Waals surface area contributed by atoms with Gasteiger partial charge in [-0.2, -0.15) is 5.26 Å². The Kier molecular flexibility index (Phi) is 6.48. The smallest absolute Gasteiger partial charge is 0.266 e. The number of benzene rings is 2. The molecule has 2 aromatic carbocycles. The van der Waals surface area contributed by atoms with E-state index in [4.69, 9.17) is 25.8 Å². The molecular formula is C19H17ClN2O4. The molecule has 0 saturated carbocycles. The molecule has 2 rings (SSSR count). The first kappa shape index (κ1) is 19.2. The standard InChI is InChI=1S/C19H17ClN2O4/c1-24-15-7-12(8-16(10-15)25-2)6-13(11-21)19(23)22-14-4-5-18(26-3)17(20)9-14/h4-10H,1-3H3,(H,22,23)/b13-6+. The van der Waals surface area contributed by atoms with Gasteiger partial charge in [0.05, 0.1) is 26.4 Å². The molecule has 0 fully saturated rings. The minimum absolute atomic E-state index is 0.0766. The van der Waals surface area contributed by atoms with E-state index in [1.807, 2.05) is 6.07 Å². The number of carbonyl (C=O) groups is 1. The number of amides is 1. The van der Waals surface area contributed by atoms with Crippen molar-refractivity contribution in [2.24, 2.45) is 0 Å². The van der Waals surface area contributed by atoms with Gasteiger partial charge in [0.2, 0.25) is 0 Å². The Morgan fingerprint density at radius 3 is 2.23 bits per heavy atom. The van der Waals surface area contributed by atoms with Crippen LogP contribution in [0.3, 0.4) is 0 Å². The van der Waals surface area contributed by atoms with E-state index in [1.165, 1.54) is 27.4 Å². The average molecular weight is 373 g/mol. The molecule has 1 amide bonds. The summed E-state index contributed by atoms with van der Waals surface area (Å²) in [4.78, 5) is 12.4. The van der Waals surface area contributed by atoms with Crippen LogP contribution in [0.15, 0.2) is 42.0 Å². The van der Waals surface area contributed by atoms with Crippen molar-refractivity contribution in [3.8, 4) is 23.3 Å². The minimum atomic E-state index is -0.560. The molecule has 134 valence electrons. The fourth-order valence-corrected chi connectivity index (χ4v) is 2.43. The Morgan fingerprint density at radius 1 is 1.08 bits per heavy atom. The highest BCUT2D eigenvalue weighted by molar-refractivity contribution is 6.32. The summed E-state index contributed by atoms with van der Waals surface area (Å²) in [6, 6.07) is 11.8. The summed E-state index contributed by atoms with van der Waals surface area (Å²) < 4.78 is 15.4. The van der Waals surface area contributed by atoms with Gasteiger partial charge in [0.25, 0.3) is 5.91 Å². The Morgan fingerprint density at radius 2 is 1.73 bits per heavy atom. The van der Waals surface area contributed by atoms with Gasteiger partial charge < -0.3 is 19.5 Å². The summed E-state index contributed by atoms with van der Waals surface area (Å²) >= 11 is 6.04. The zero-order chi connectivity index (χ0) is 19.1. The lowest BCUT2D eigenvalue weighted by Gasteiger charge is -2.08. The van der Waals surface area contributed by atoms with Gasteiger partial charge in [0.1, 0.15) is 28.9 Å². The molecule has 7 heteroatoms. The summed E-state index contributed by atoms with van der Waals surface area (Å²) in [6.07, 6.45) is 1.45. The molecule has 2 aromatic rings. The molecule has 0 aliphatic heterocycles. The highest BCUT2D eigenvalue weighted by atomic mass is 35.5. The predicted molar refractivity (Wildman–Crippen MR) is 99.8 cm³/mol. The maximum absolute atomic E-state index is 12.4. The summed E-state index contributed by atoms with van der Waals surface area (Å²) in [5.74, 6) is 1.03. The van der Waals surface area contributed by atoms with E-state index in [1.54, 1.807) is 36.4 Å². The first-order chi connectivity index (χ1) is 12.5. The average Bonchev–Trinajstić information content (AvgIpc) is 2.65. The van der Waals surface area contributed by atoms with Crippen LogP contribution in [0.1, 0.15) is 5.56 Å². The molecule has 0 aliphatic carbocycles. The van der Waals surface area contributed by atoms with Gasteiger partial charge in [0.15, 0.2) is 0 Å². The van der Waals surface area contributed by atoms with Gasteiger partial charge in [-0.05, 0) is 42.0 Å². The Hall–Kier alpha value is -3.17. The number of hydrogen-bond donors (Lipinski definition) is 1. The van der Waals surface area contributed by atoms with Crippen LogP contribution in [0.4, 0.5) is 5.69 Å². The van der Waals surface area contributed by atoms with Crippen molar-refractivity contribution < 1.29 is 19.0 Å². The second-order valence-electron chi connectivity index (χ2n) is 5.12. The number of nitriles is 1. The van der Waals surface area contributed by atoms with Gasteiger partial charge in [-0.1, -0.05) is 11.6 Å². The number of nitrogens with one attached hydrogen (secondary N) is 1. The monoisotopic (exact) mass is 372 g/mol. The van der Waals surface area contributed by atoms with Crippen LogP contribution in [0, 0.1) is 11.3 Å². The normalized spacial score (nSPS) is 10.7. The molecule has 6 nitrogen and oxygen atoms in total. The molecular weight excluding hydrogens is 356 g/mol. The van der Waals surface area contributed by atoms with Gasteiger partial charge in [0, 0.05) is 11.8 Å². The highest BCUT2D eigenvalue weighted by Gasteiger charge is 2.12. The van der Waals surface area contributed by atoms with E-state index < -0.39 is 5.91 Å². The molecule has 0 radical (unpaired) electrons. The van der Waals surface area contributed by atoms with Crippen LogP contribution in [0.2, 0.25) is 5.02 Å². The molecule has 0 atom stereocenters. The van der Waals surface area contributed by atoms with E-state index in [0.717, 1.165) is 0 Å². The van der Waals surface area contributed by atoms with Crippen molar-refractivity contribution >= 4 is 29.3 Å². The third-order valence-corrected chi connectivity index (χ3v) is 3.75. The lowest BCUT2D eigenvalue weighted by molar-refractivity contribution is -0.112. The quantitative estimate of drug-likeness (QED) is 0.614. The number of halogens is 1. The molecule has 0 spiro atoms. The minimum Gasteiger partial charge on any atom is -0.497 e. The summed E-state index contributed by atoms with van der Waals surface area (Å²) in [5, 5.41) is 12.3. The first-order valence-electron chi connectivity index (χ1n) is 7.50. The van der Waals surface area contributed by atoms with Crippen molar-refractivity contribution in [3.05, 3.63) is 52.6 Å². The third kappa shape index (κ3) is 4.68. The summed E-state index contributed by atoms with van der Waals surface area (Å²) in [7, 11) is 4.54. The third-order valence-electron chi connectivity index (χ3n) is 3.46. The van der Waals surface area contributed by atoms with Crippen LogP contribution in [0.25, 0.3) is 6.08 Å². The number of rotatable bonds is 6. The molecule has 0 heterocycles. The van der Waals surface area contributed by atoms with Crippen LogP contribution in [0.5, 0.6) is 17.2 Å². The Bertz CT molecular complexity index is 865. The number of nitrogens with zero attached hydrogens (tertiary/aromatic N) is 1. The second kappa shape index (κ2) is 8.79. The van der Waals surface area contributed by atoms with E-state index in [0.29, 0.717) is 33.5 Å². The lowest BCUT2D eigenvalue weighted by atomic mass is 10.1. The van der Waals surface area contributed by atoms with Crippen molar-refractivity contribution in [1.82, 2.24) is 0 Å². The first-order valence-corrected chi connectivity index (χ1v) is 7.88. The van der Waals surface area contributed by atoms with E-state index in [2.05, 4.69) is 5.32 Å². The van der Waals surface area contributed by atoms with E-state index in [-0.39, 0.29) is 5.57 Å². The largest absolute Gasteiger partial charge is 0.497 e. The van der Waals surface area contributed by atoms with Gasteiger partial charge in [-0.15, -0.1) is 0 Å². The fraction of sp³-hybridized carbons (Fsp3) is 0.158. The number of methoxy groups -OCH3 is 3. The maximum Gasteiger partial charge on any atom is 0.266 e. The molecule has 0 aliphatic rings.